The molecule has 7 heteroatoms. The van der Waals surface area contributed by atoms with Gasteiger partial charge in [0.1, 0.15) is 11.6 Å². The maximum Gasteiger partial charge on any atom is 0.311 e. The number of aromatic nitrogens is 2. The number of ether oxygens (including phenoxy) is 2. The van der Waals surface area contributed by atoms with Gasteiger partial charge in [0, 0.05) is 25.4 Å². The van der Waals surface area contributed by atoms with E-state index < -0.39 is 5.41 Å². The van der Waals surface area contributed by atoms with Gasteiger partial charge in [-0.15, -0.1) is 0 Å². The lowest BCUT2D eigenvalue weighted by Gasteiger charge is -2.39. The summed E-state index contributed by atoms with van der Waals surface area (Å²) in [7, 11) is 1.42. The van der Waals surface area contributed by atoms with Gasteiger partial charge in [0.2, 0.25) is 11.8 Å². The summed E-state index contributed by atoms with van der Waals surface area (Å²) < 4.78 is 23.7. The standard InChI is InChI=1S/C20H24FN3O3/c1-20(2,18(25)26-3)14-5-4-12-24(13-14)19-22-11-10-17(23-19)27-16-8-6-15(21)7-9-16/h6-11,14H,4-5,12-13H2,1-3H3. The molecule has 27 heavy (non-hydrogen) atoms. The summed E-state index contributed by atoms with van der Waals surface area (Å²) in [4.78, 5) is 23.0. The van der Waals surface area contributed by atoms with Crippen LogP contribution in [0.2, 0.25) is 0 Å². The summed E-state index contributed by atoms with van der Waals surface area (Å²) in [6.07, 6.45) is 3.53. The molecule has 2 heterocycles. The largest absolute Gasteiger partial charge is 0.469 e. The van der Waals surface area contributed by atoms with Gasteiger partial charge < -0.3 is 14.4 Å². The van der Waals surface area contributed by atoms with E-state index in [2.05, 4.69) is 14.9 Å². The summed E-state index contributed by atoms with van der Waals surface area (Å²) in [6.45, 7) is 5.32. The van der Waals surface area contributed by atoms with Crippen LogP contribution in [0.15, 0.2) is 36.5 Å². The molecule has 3 rings (SSSR count). The molecule has 0 aliphatic carbocycles. The second kappa shape index (κ2) is 7.90. The van der Waals surface area contributed by atoms with Gasteiger partial charge >= 0.3 is 5.97 Å². The van der Waals surface area contributed by atoms with Crippen molar-refractivity contribution in [2.45, 2.75) is 26.7 Å². The molecule has 144 valence electrons. The lowest BCUT2D eigenvalue weighted by molar-refractivity contribution is -0.154. The number of benzene rings is 1. The number of nitrogens with zero attached hydrogens (tertiary/aromatic N) is 3. The second-order valence-corrected chi connectivity index (χ2v) is 7.25. The Hall–Kier alpha value is -2.70. The minimum Gasteiger partial charge on any atom is -0.469 e. The van der Waals surface area contributed by atoms with Gasteiger partial charge in [-0.05, 0) is 56.9 Å². The summed E-state index contributed by atoms with van der Waals surface area (Å²) in [5, 5.41) is 0. The third-order valence-electron chi connectivity index (χ3n) is 5.09. The number of hydrogen-bond donors (Lipinski definition) is 0. The van der Waals surface area contributed by atoms with E-state index in [0.29, 0.717) is 24.1 Å². The maximum atomic E-state index is 13.0. The van der Waals surface area contributed by atoms with Gasteiger partial charge in [-0.3, -0.25) is 4.79 Å². The molecule has 0 spiro atoms. The molecule has 1 atom stereocenters. The topological polar surface area (TPSA) is 64.5 Å². The molecule has 1 unspecified atom stereocenters. The SMILES string of the molecule is COC(=O)C(C)(C)C1CCCN(c2nccc(Oc3ccc(F)cc3)n2)C1. The molecule has 1 aromatic carbocycles. The lowest BCUT2D eigenvalue weighted by atomic mass is 9.74. The number of hydrogen-bond acceptors (Lipinski definition) is 6. The number of carbonyl (C=O) groups excluding carboxylic acids is 1. The van der Waals surface area contributed by atoms with Gasteiger partial charge in [0.25, 0.3) is 0 Å². The van der Waals surface area contributed by atoms with Crippen molar-refractivity contribution in [1.29, 1.82) is 0 Å². The first kappa shape index (κ1) is 19.1. The molecule has 1 aliphatic heterocycles. The van der Waals surface area contributed by atoms with Crippen LogP contribution >= 0.6 is 0 Å². The van der Waals surface area contributed by atoms with Gasteiger partial charge in [-0.1, -0.05) is 0 Å². The number of carbonyl (C=O) groups is 1. The molecule has 1 aromatic heterocycles. The lowest BCUT2D eigenvalue weighted by Crippen LogP contribution is -2.45. The molecule has 1 aliphatic rings. The van der Waals surface area contributed by atoms with Crippen molar-refractivity contribution in [2.75, 3.05) is 25.1 Å². The van der Waals surface area contributed by atoms with E-state index in [1.54, 1.807) is 24.4 Å². The van der Waals surface area contributed by atoms with Crippen molar-refractivity contribution in [3.05, 3.63) is 42.3 Å². The van der Waals surface area contributed by atoms with Crippen LogP contribution in [0, 0.1) is 17.2 Å². The van der Waals surface area contributed by atoms with Crippen LogP contribution < -0.4 is 9.64 Å². The average molecular weight is 373 g/mol. The number of piperidine rings is 1. The predicted molar refractivity (Wildman–Crippen MR) is 99.2 cm³/mol. The first-order valence-electron chi connectivity index (χ1n) is 9.00. The first-order chi connectivity index (χ1) is 12.9. The Labute approximate surface area is 158 Å². The van der Waals surface area contributed by atoms with Gasteiger partial charge in [0.05, 0.1) is 12.5 Å². The van der Waals surface area contributed by atoms with E-state index >= 15 is 0 Å². The van der Waals surface area contributed by atoms with E-state index in [1.165, 1.54) is 19.2 Å². The Morgan fingerprint density at radius 1 is 1.26 bits per heavy atom. The van der Waals surface area contributed by atoms with E-state index in [-0.39, 0.29) is 17.7 Å². The molecule has 0 saturated carbocycles. The van der Waals surface area contributed by atoms with Crippen molar-refractivity contribution < 1.29 is 18.7 Å². The van der Waals surface area contributed by atoms with Crippen LogP contribution in [-0.4, -0.2) is 36.1 Å². The van der Waals surface area contributed by atoms with Gasteiger partial charge in [0.15, 0.2) is 0 Å². The monoisotopic (exact) mass is 373 g/mol. The molecule has 0 bridgehead atoms. The third-order valence-corrected chi connectivity index (χ3v) is 5.09. The maximum absolute atomic E-state index is 13.0. The van der Waals surface area contributed by atoms with E-state index in [9.17, 15) is 9.18 Å². The van der Waals surface area contributed by atoms with Crippen molar-refractivity contribution in [3.8, 4) is 11.6 Å². The normalized spacial score (nSPS) is 17.5. The fourth-order valence-electron chi connectivity index (χ4n) is 3.34. The molecule has 0 amide bonds. The quantitative estimate of drug-likeness (QED) is 0.743. The minimum absolute atomic E-state index is 0.143. The minimum atomic E-state index is -0.574. The Morgan fingerprint density at radius 3 is 2.70 bits per heavy atom. The molecule has 1 saturated heterocycles. The van der Waals surface area contributed by atoms with Crippen LogP contribution in [0.5, 0.6) is 11.6 Å². The highest BCUT2D eigenvalue weighted by Crippen LogP contribution is 2.36. The summed E-state index contributed by atoms with van der Waals surface area (Å²) in [6, 6.07) is 7.43. The number of halogens is 1. The van der Waals surface area contributed by atoms with Crippen LogP contribution in [0.4, 0.5) is 10.3 Å². The van der Waals surface area contributed by atoms with Crippen molar-refractivity contribution in [2.24, 2.45) is 11.3 Å². The fourth-order valence-corrected chi connectivity index (χ4v) is 3.34. The third kappa shape index (κ3) is 4.35. The fraction of sp³-hybridized carbons (Fsp3) is 0.450. The van der Waals surface area contributed by atoms with Crippen LogP contribution in [0.3, 0.4) is 0 Å². The Kier molecular flexibility index (Phi) is 5.58. The Bertz CT molecular complexity index is 795. The molecule has 1 fully saturated rings. The van der Waals surface area contributed by atoms with Crippen LogP contribution in [0.25, 0.3) is 0 Å². The highest BCUT2D eigenvalue weighted by Gasteiger charge is 2.40. The molecule has 6 nitrogen and oxygen atoms in total. The second-order valence-electron chi connectivity index (χ2n) is 7.25. The zero-order valence-electron chi connectivity index (χ0n) is 15.8. The summed E-state index contributed by atoms with van der Waals surface area (Å²) >= 11 is 0. The van der Waals surface area contributed by atoms with E-state index in [1.807, 2.05) is 13.8 Å². The molecule has 2 aromatic rings. The average Bonchev–Trinajstić information content (AvgIpc) is 2.69. The first-order valence-corrected chi connectivity index (χ1v) is 9.00. The van der Waals surface area contributed by atoms with Crippen molar-refractivity contribution in [3.63, 3.8) is 0 Å². The zero-order chi connectivity index (χ0) is 19.4. The highest BCUT2D eigenvalue weighted by molar-refractivity contribution is 5.76. The van der Waals surface area contributed by atoms with E-state index in [4.69, 9.17) is 9.47 Å². The zero-order valence-corrected chi connectivity index (χ0v) is 15.8. The predicted octanol–water partition coefficient (Wildman–Crippen LogP) is 3.82. The molecule has 0 N–H and O–H groups in total. The molecule has 0 radical (unpaired) electrons. The van der Waals surface area contributed by atoms with Gasteiger partial charge in [-0.2, -0.15) is 4.98 Å². The van der Waals surface area contributed by atoms with Gasteiger partial charge in [-0.25, -0.2) is 9.37 Å². The van der Waals surface area contributed by atoms with Crippen LogP contribution in [0.1, 0.15) is 26.7 Å². The summed E-state index contributed by atoms with van der Waals surface area (Å²) in [5.74, 6) is 1.07. The number of anilines is 1. The number of esters is 1. The van der Waals surface area contributed by atoms with Crippen LogP contribution in [-0.2, 0) is 9.53 Å². The number of rotatable bonds is 5. The van der Waals surface area contributed by atoms with Crippen molar-refractivity contribution >= 4 is 11.9 Å². The Balaban J connectivity index is 1.74. The Morgan fingerprint density at radius 2 is 2.00 bits per heavy atom. The molecular weight excluding hydrogens is 349 g/mol. The van der Waals surface area contributed by atoms with E-state index in [0.717, 1.165) is 19.4 Å². The highest BCUT2D eigenvalue weighted by atomic mass is 19.1. The number of methoxy groups -OCH3 is 1. The smallest absolute Gasteiger partial charge is 0.311 e. The molecular formula is C20H24FN3O3. The van der Waals surface area contributed by atoms with Crippen molar-refractivity contribution in [1.82, 2.24) is 9.97 Å². The summed E-state index contributed by atoms with van der Waals surface area (Å²) in [5.41, 5.74) is -0.574.